The highest BCUT2D eigenvalue weighted by Gasteiger charge is 2.39. The molecule has 0 radical (unpaired) electrons. The Morgan fingerprint density at radius 1 is 0.889 bits per heavy atom. The number of rotatable bonds is 11. The van der Waals surface area contributed by atoms with Crippen LogP contribution in [0.1, 0.15) is 86.0 Å². The van der Waals surface area contributed by atoms with Crippen LogP contribution in [0, 0.1) is 11.3 Å². The van der Waals surface area contributed by atoms with Gasteiger partial charge in [-0.3, -0.25) is 9.69 Å². The fourth-order valence-corrected chi connectivity index (χ4v) is 9.60. The number of benzene rings is 3. The molecule has 0 bridgehead atoms. The van der Waals surface area contributed by atoms with Crippen molar-refractivity contribution in [1.29, 1.82) is 5.26 Å². The summed E-state index contributed by atoms with van der Waals surface area (Å²) in [4.78, 5) is 81.5. The van der Waals surface area contributed by atoms with Gasteiger partial charge in [-0.05, 0) is 72.7 Å². The van der Waals surface area contributed by atoms with Gasteiger partial charge in [0, 0.05) is 95.4 Å². The maximum absolute atomic E-state index is 13.0. The van der Waals surface area contributed by atoms with E-state index in [1.54, 1.807) is 36.1 Å². The number of aromatic nitrogens is 2. The Labute approximate surface area is 362 Å². The number of H-pyrrole nitrogens is 1. The van der Waals surface area contributed by atoms with Crippen molar-refractivity contribution in [3.05, 3.63) is 104 Å². The Hall–Kier alpha value is -7.43. The topological polar surface area (TPSA) is 189 Å². The van der Waals surface area contributed by atoms with Crippen LogP contribution >= 0.6 is 0 Å². The minimum absolute atomic E-state index is 0.0185. The summed E-state index contributed by atoms with van der Waals surface area (Å²) in [5.41, 5.74) is 8.27. The van der Waals surface area contributed by atoms with Crippen LogP contribution < -0.4 is 31.5 Å². The molecule has 2 fully saturated rings. The normalized spacial score (nSPS) is 16.8. The van der Waals surface area contributed by atoms with E-state index in [0.29, 0.717) is 73.2 Å². The monoisotopic (exact) mass is 842 g/mol. The first-order chi connectivity index (χ1) is 30.6. The first-order valence-corrected chi connectivity index (χ1v) is 21.3. The van der Waals surface area contributed by atoms with Crippen molar-refractivity contribution >= 4 is 74.2 Å². The van der Waals surface area contributed by atoms with E-state index in [2.05, 4.69) is 75.6 Å². The van der Waals surface area contributed by atoms with Crippen molar-refractivity contribution in [1.82, 2.24) is 25.1 Å². The van der Waals surface area contributed by atoms with E-state index in [1.165, 1.54) is 4.57 Å². The van der Waals surface area contributed by atoms with E-state index >= 15 is 0 Å². The number of nitrogens with one attached hydrogen (secondary N) is 4. The molecule has 4 N–H and O–H groups in total. The number of amides is 1. The van der Waals surface area contributed by atoms with Gasteiger partial charge in [0.2, 0.25) is 5.91 Å². The molecule has 2 aliphatic heterocycles. The maximum atomic E-state index is 13.0. The lowest BCUT2D eigenvalue weighted by Crippen LogP contribution is -2.50. The van der Waals surface area contributed by atoms with Crippen LogP contribution in [-0.2, 0) is 40.6 Å². The van der Waals surface area contributed by atoms with Crippen LogP contribution in [0.2, 0.25) is 0 Å². The SMILES string of the molecule is CCc1cc2c(cc1N1CCN(CC(=O)NCCCCNc3cccc4c(=C=O)n(C5CCC(=C=O)NC5=C=O)c(=C=O)c34)CC1)C(C)(C)c1[nH]c3cc(C#N)ccc3c1C2=C=O. The summed E-state index contributed by atoms with van der Waals surface area (Å²) < 4.78 is 1.44. The molecule has 0 saturated carbocycles. The highest BCUT2D eigenvalue weighted by molar-refractivity contribution is 6.10. The summed E-state index contributed by atoms with van der Waals surface area (Å²) in [5.74, 6) is 9.70. The fourth-order valence-electron chi connectivity index (χ4n) is 9.60. The van der Waals surface area contributed by atoms with Crippen molar-refractivity contribution in [3.8, 4) is 6.07 Å². The lowest BCUT2D eigenvalue weighted by Gasteiger charge is -2.39. The first kappa shape index (κ1) is 42.3. The molecular formula is C49H46N8O6. The van der Waals surface area contributed by atoms with Gasteiger partial charge in [0.1, 0.15) is 39.9 Å². The van der Waals surface area contributed by atoms with E-state index in [9.17, 15) is 34.0 Å². The number of nitrogens with zero attached hydrogens (tertiary/aromatic N) is 4. The van der Waals surface area contributed by atoms with Crippen molar-refractivity contribution < 1.29 is 28.8 Å². The number of piperidine rings is 1. The predicted octanol–water partition coefficient (Wildman–Crippen LogP) is 2.95. The molecule has 3 aliphatic rings. The Morgan fingerprint density at radius 3 is 2.37 bits per heavy atom. The second kappa shape index (κ2) is 17.5. The zero-order valence-corrected chi connectivity index (χ0v) is 35.4. The minimum Gasteiger partial charge on any atom is -0.384 e. The summed E-state index contributed by atoms with van der Waals surface area (Å²) in [7, 11) is 0. The lowest BCUT2D eigenvalue weighted by molar-refractivity contribution is -0.122. The van der Waals surface area contributed by atoms with Gasteiger partial charge in [-0.25, -0.2) is 24.0 Å². The average molecular weight is 843 g/mol. The number of carbonyl (C=O) groups excluding carboxylic acids is 6. The summed E-state index contributed by atoms with van der Waals surface area (Å²) in [6.45, 7) is 10.7. The second-order valence-electron chi connectivity index (χ2n) is 16.8. The molecule has 4 heterocycles. The second-order valence-corrected chi connectivity index (χ2v) is 16.8. The summed E-state index contributed by atoms with van der Waals surface area (Å²) in [6, 6.07) is 16.6. The van der Waals surface area contributed by atoms with E-state index in [4.69, 9.17) is 0 Å². The number of fused-ring (bicyclic) bond motifs is 5. The molecular weight excluding hydrogens is 797 g/mol. The molecule has 1 atom stereocenters. The molecule has 3 aromatic carbocycles. The lowest BCUT2D eigenvalue weighted by atomic mass is 9.69. The largest absolute Gasteiger partial charge is 0.384 e. The number of hydrogen-bond donors (Lipinski definition) is 4. The first-order valence-electron chi connectivity index (χ1n) is 21.3. The minimum atomic E-state index is -0.744. The predicted molar refractivity (Wildman–Crippen MR) is 239 cm³/mol. The molecule has 63 heavy (non-hydrogen) atoms. The number of unbranched alkanes of at least 4 members (excludes halogenated alkanes) is 1. The van der Waals surface area contributed by atoms with Gasteiger partial charge in [0.05, 0.1) is 29.8 Å². The van der Waals surface area contributed by atoms with Crippen LogP contribution in [0.15, 0.2) is 59.9 Å². The summed E-state index contributed by atoms with van der Waals surface area (Å²) >= 11 is 0. The molecule has 1 aliphatic carbocycles. The van der Waals surface area contributed by atoms with Crippen molar-refractivity contribution in [2.24, 2.45) is 0 Å². The third kappa shape index (κ3) is 7.52. The molecule has 5 aromatic rings. The number of carbonyl (C=O) groups is 1. The van der Waals surface area contributed by atoms with Crippen molar-refractivity contribution in [2.75, 3.05) is 56.0 Å². The molecule has 1 amide bonds. The Morgan fingerprint density at radius 2 is 1.67 bits per heavy atom. The van der Waals surface area contributed by atoms with Crippen molar-refractivity contribution in [2.45, 2.75) is 64.3 Å². The standard InChI is InChI=1S/C49H46N8O6/c1-4-31-21-35-36(26-59)46-33-12-10-30(23-50)20-39(33)54-48(46)49(2,3)37(35)22-42(31)56-18-16-55(17-19-56)24-45(63)52-15-6-5-14-51-38-9-7-8-34-43(28-61)57(44(29-62)47(34)38)41-13-11-32(25-58)53-40(41)27-60/h7-10,12,20-22,41,51,53-54H,4-6,11,13-19,24H2,1-3H3,(H,52,63). The summed E-state index contributed by atoms with van der Waals surface area (Å²) in [6.07, 6.45) is 2.73. The number of hydrogen-bond acceptors (Lipinski definition) is 11. The van der Waals surface area contributed by atoms with E-state index < -0.39 is 11.5 Å². The third-order valence-electron chi connectivity index (χ3n) is 12.8. The molecule has 2 saturated heterocycles. The molecule has 14 heteroatoms. The third-order valence-corrected chi connectivity index (χ3v) is 12.8. The Kier molecular flexibility index (Phi) is 11.7. The average Bonchev–Trinajstić information content (AvgIpc) is 3.86. The highest BCUT2D eigenvalue weighted by Crippen LogP contribution is 2.49. The van der Waals surface area contributed by atoms with Gasteiger partial charge in [0.15, 0.2) is 11.9 Å². The number of piperazine rings is 1. The zero-order valence-electron chi connectivity index (χ0n) is 35.4. The van der Waals surface area contributed by atoms with Crippen LogP contribution in [-0.4, -0.2) is 95.9 Å². The van der Waals surface area contributed by atoms with Gasteiger partial charge >= 0.3 is 0 Å². The molecule has 14 nitrogen and oxygen atoms in total. The van der Waals surface area contributed by atoms with Gasteiger partial charge in [0.25, 0.3) is 0 Å². The van der Waals surface area contributed by atoms with Crippen LogP contribution in [0.4, 0.5) is 11.4 Å². The Balaban J connectivity index is 0.861. The molecule has 2 aromatic heterocycles. The van der Waals surface area contributed by atoms with Crippen LogP contribution in [0.5, 0.6) is 0 Å². The zero-order chi connectivity index (χ0) is 44.4. The number of anilines is 2. The maximum Gasteiger partial charge on any atom is 0.234 e. The number of allylic oxidation sites excluding steroid dienone is 2. The smallest absolute Gasteiger partial charge is 0.234 e. The van der Waals surface area contributed by atoms with Crippen molar-refractivity contribution in [3.63, 3.8) is 0 Å². The van der Waals surface area contributed by atoms with Gasteiger partial charge in [-0.1, -0.05) is 39.0 Å². The highest BCUT2D eigenvalue weighted by atomic mass is 16.2. The van der Waals surface area contributed by atoms with E-state index in [-0.39, 0.29) is 40.8 Å². The van der Waals surface area contributed by atoms with Gasteiger partial charge in [-0.15, -0.1) is 0 Å². The fraction of sp³-hybridized carbons (Fsp3) is 0.347. The quantitative estimate of drug-likeness (QED) is 0.113. The molecule has 318 valence electrons. The Bertz CT molecular complexity index is 3080. The molecule has 0 spiro atoms. The van der Waals surface area contributed by atoms with Crippen LogP contribution in [0.3, 0.4) is 0 Å². The van der Waals surface area contributed by atoms with Gasteiger partial charge < -0.3 is 30.4 Å². The molecule has 1 unspecified atom stereocenters. The van der Waals surface area contributed by atoms with E-state index in [1.807, 2.05) is 24.0 Å². The number of aryl methyl sites for hydroxylation is 1. The summed E-state index contributed by atoms with van der Waals surface area (Å²) in [5, 5.41) is 20.7. The van der Waals surface area contributed by atoms with E-state index in [0.717, 1.165) is 64.0 Å². The van der Waals surface area contributed by atoms with Gasteiger partial charge in [-0.2, -0.15) is 5.26 Å². The molecule has 8 rings (SSSR count). The van der Waals surface area contributed by atoms with Crippen LogP contribution in [0.25, 0.3) is 27.2 Å². The number of nitriles is 1. The number of aromatic amines is 1.